The smallest absolute Gasteiger partial charge is 0.133 e. The van der Waals surface area contributed by atoms with Crippen LogP contribution in [-0.4, -0.2) is 49.3 Å². The van der Waals surface area contributed by atoms with Gasteiger partial charge in [0.15, 0.2) is 0 Å². The fourth-order valence-corrected chi connectivity index (χ4v) is 3.11. The molecule has 0 amide bonds. The number of hydrogen-bond donors (Lipinski definition) is 0. The van der Waals surface area contributed by atoms with Crippen LogP contribution in [-0.2, 0) is 4.74 Å². The first-order chi connectivity index (χ1) is 9.93. The van der Waals surface area contributed by atoms with E-state index in [0.29, 0.717) is 0 Å². The van der Waals surface area contributed by atoms with Crippen LogP contribution < -0.4 is 4.90 Å². The van der Waals surface area contributed by atoms with Gasteiger partial charge < -0.3 is 9.64 Å². The molecule has 5 heteroatoms. The maximum absolute atomic E-state index is 5.40. The summed E-state index contributed by atoms with van der Waals surface area (Å²) in [6.45, 7) is 5.75. The summed E-state index contributed by atoms with van der Waals surface area (Å²) in [5, 5.41) is 3.36. The molecule has 0 bridgehead atoms. The van der Waals surface area contributed by atoms with Crippen LogP contribution in [0.1, 0.15) is 0 Å². The predicted octanol–water partition coefficient (Wildman–Crippen LogP) is 2.61. The lowest BCUT2D eigenvalue weighted by atomic mass is 10.3. The first-order valence-corrected chi connectivity index (χ1v) is 7.83. The van der Waals surface area contributed by atoms with E-state index in [9.17, 15) is 0 Å². The van der Waals surface area contributed by atoms with E-state index in [1.165, 1.54) is 5.00 Å². The lowest BCUT2D eigenvalue weighted by Gasteiger charge is -2.30. The van der Waals surface area contributed by atoms with Crippen molar-refractivity contribution in [3.8, 4) is 0 Å². The van der Waals surface area contributed by atoms with Crippen molar-refractivity contribution in [2.24, 2.45) is 0 Å². The maximum atomic E-state index is 5.40. The minimum atomic E-state index is 0.850. The van der Waals surface area contributed by atoms with Crippen molar-refractivity contribution in [2.75, 3.05) is 44.3 Å². The highest BCUT2D eigenvalue weighted by molar-refractivity contribution is 7.14. The predicted molar refractivity (Wildman–Crippen MR) is 82.8 cm³/mol. The Morgan fingerprint density at radius 3 is 2.80 bits per heavy atom. The Hall–Kier alpha value is -1.43. The summed E-state index contributed by atoms with van der Waals surface area (Å²) in [5.74, 6) is 1.02. The summed E-state index contributed by atoms with van der Waals surface area (Å²) in [5.41, 5.74) is 0. The molecule has 0 saturated carbocycles. The number of nitrogens with zero attached hydrogens (tertiary/aromatic N) is 3. The molecule has 0 unspecified atom stereocenters. The quantitative estimate of drug-likeness (QED) is 0.846. The monoisotopic (exact) mass is 289 g/mol. The fraction of sp³-hybridized carbons (Fsp3) is 0.400. The lowest BCUT2D eigenvalue weighted by molar-refractivity contribution is 0.0394. The number of morpholine rings is 1. The number of aromatic nitrogens is 1. The lowest BCUT2D eigenvalue weighted by Crippen LogP contribution is -2.40. The third-order valence-corrected chi connectivity index (χ3v) is 4.33. The molecule has 2 aromatic heterocycles. The van der Waals surface area contributed by atoms with Gasteiger partial charge in [0.25, 0.3) is 0 Å². The largest absolute Gasteiger partial charge is 0.379 e. The molecule has 20 heavy (non-hydrogen) atoms. The van der Waals surface area contributed by atoms with Crippen LogP contribution in [0.5, 0.6) is 0 Å². The van der Waals surface area contributed by atoms with E-state index in [2.05, 4.69) is 38.4 Å². The van der Waals surface area contributed by atoms with Crippen LogP contribution in [0.25, 0.3) is 0 Å². The second-order valence-electron chi connectivity index (χ2n) is 4.74. The van der Waals surface area contributed by atoms with Crippen LogP contribution in [0.15, 0.2) is 41.9 Å². The van der Waals surface area contributed by atoms with Gasteiger partial charge in [0.1, 0.15) is 5.82 Å². The molecule has 1 aliphatic rings. The van der Waals surface area contributed by atoms with Crippen molar-refractivity contribution in [1.82, 2.24) is 9.88 Å². The number of anilines is 2. The second kappa shape index (κ2) is 6.83. The third-order valence-electron chi connectivity index (χ3n) is 3.44. The number of hydrogen-bond acceptors (Lipinski definition) is 5. The van der Waals surface area contributed by atoms with Crippen molar-refractivity contribution in [1.29, 1.82) is 0 Å². The molecule has 3 heterocycles. The van der Waals surface area contributed by atoms with Crippen molar-refractivity contribution < 1.29 is 4.74 Å². The molecule has 1 saturated heterocycles. The van der Waals surface area contributed by atoms with Gasteiger partial charge in [-0.1, -0.05) is 6.07 Å². The average molecular weight is 289 g/mol. The van der Waals surface area contributed by atoms with Gasteiger partial charge in [-0.25, -0.2) is 4.98 Å². The molecule has 4 nitrogen and oxygen atoms in total. The Bertz CT molecular complexity index is 497. The van der Waals surface area contributed by atoms with Gasteiger partial charge in [-0.05, 0) is 29.6 Å². The van der Waals surface area contributed by atoms with Crippen molar-refractivity contribution in [3.05, 3.63) is 41.9 Å². The molecule has 0 N–H and O–H groups in total. The second-order valence-corrected chi connectivity index (χ2v) is 5.67. The van der Waals surface area contributed by atoms with Gasteiger partial charge in [0, 0.05) is 32.4 Å². The Morgan fingerprint density at radius 1 is 1.20 bits per heavy atom. The minimum Gasteiger partial charge on any atom is -0.379 e. The molecule has 1 aliphatic heterocycles. The van der Waals surface area contributed by atoms with E-state index >= 15 is 0 Å². The van der Waals surface area contributed by atoms with Crippen LogP contribution in [0, 0.1) is 0 Å². The molecule has 2 aromatic rings. The molecule has 0 atom stereocenters. The SMILES string of the molecule is c1ccc(N(CCN2CCOCC2)c2cccs2)nc1. The summed E-state index contributed by atoms with van der Waals surface area (Å²) >= 11 is 1.76. The first-order valence-electron chi connectivity index (χ1n) is 6.96. The van der Waals surface area contributed by atoms with Gasteiger partial charge >= 0.3 is 0 Å². The molecule has 3 rings (SSSR count). The Kier molecular flexibility index (Phi) is 4.63. The van der Waals surface area contributed by atoms with Crippen LogP contribution in [0.4, 0.5) is 10.8 Å². The highest BCUT2D eigenvalue weighted by atomic mass is 32.1. The van der Waals surface area contributed by atoms with Gasteiger partial charge in [-0.15, -0.1) is 11.3 Å². The highest BCUT2D eigenvalue weighted by Crippen LogP contribution is 2.27. The highest BCUT2D eigenvalue weighted by Gasteiger charge is 2.15. The van der Waals surface area contributed by atoms with Gasteiger partial charge in [-0.2, -0.15) is 0 Å². The molecule has 1 fully saturated rings. The summed E-state index contributed by atoms with van der Waals surface area (Å²) < 4.78 is 5.40. The third kappa shape index (κ3) is 3.36. The summed E-state index contributed by atoms with van der Waals surface area (Å²) in [6.07, 6.45) is 1.85. The standard InChI is InChI=1S/C15H19N3OS/c1-2-6-16-14(4-1)18(15-5-3-13-20-15)8-7-17-9-11-19-12-10-17/h1-6,13H,7-12H2. The van der Waals surface area contributed by atoms with E-state index in [0.717, 1.165) is 45.2 Å². The van der Waals surface area contributed by atoms with Crippen LogP contribution >= 0.6 is 11.3 Å². The first kappa shape index (κ1) is 13.5. The Labute approximate surface area is 123 Å². The minimum absolute atomic E-state index is 0.850. The molecule has 0 aromatic carbocycles. The van der Waals surface area contributed by atoms with E-state index in [-0.39, 0.29) is 0 Å². The number of pyridine rings is 1. The Balaban J connectivity index is 1.69. The van der Waals surface area contributed by atoms with E-state index in [1.54, 1.807) is 11.3 Å². The van der Waals surface area contributed by atoms with Crippen LogP contribution in [0.2, 0.25) is 0 Å². The Morgan fingerprint density at radius 2 is 2.10 bits per heavy atom. The van der Waals surface area contributed by atoms with Gasteiger partial charge in [0.05, 0.1) is 18.2 Å². The fourth-order valence-electron chi connectivity index (χ4n) is 2.34. The summed E-state index contributed by atoms with van der Waals surface area (Å²) in [6, 6.07) is 10.3. The molecule has 0 aliphatic carbocycles. The van der Waals surface area contributed by atoms with E-state index in [1.807, 2.05) is 18.3 Å². The molecule has 0 spiro atoms. The van der Waals surface area contributed by atoms with E-state index < -0.39 is 0 Å². The number of rotatable bonds is 5. The number of thiophene rings is 1. The van der Waals surface area contributed by atoms with Gasteiger partial charge in [-0.3, -0.25) is 4.90 Å². The van der Waals surface area contributed by atoms with E-state index in [4.69, 9.17) is 4.74 Å². The average Bonchev–Trinajstić information content (AvgIpc) is 3.04. The van der Waals surface area contributed by atoms with Crippen molar-refractivity contribution in [2.45, 2.75) is 0 Å². The topological polar surface area (TPSA) is 28.6 Å². The molecule has 0 radical (unpaired) electrons. The zero-order valence-electron chi connectivity index (χ0n) is 11.4. The zero-order chi connectivity index (χ0) is 13.6. The number of ether oxygens (including phenoxy) is 1. The molecular weight excluding hydrogens is 270 g/mol. The normalized spacial score (nSPS) is 16.2. The van der Waals surface area contributed by atoms with Crippen LogP contribution in [0.3, 0.4) is 0 Å². The summed E-state index contributed by atoms with van der Waals surface area (Å²) in [7, 11) is 0. The van der Waals surface area contributed by atoms with Crippen molar-refractivity contribution >= 4 is 22.2 Å². The molecule has 106 valence electrons. The zero-order valence-corrected chi connectivity index (χ0v) is 12.3. The van der Waals surface area contributed by atoms with Gasteiger partial charge in [0.2, 0.25) is 0 Å². The van der Waals surface area contributed by atoms with Crippen molar-refractivity contribution in [3.63, 3.8) is 0 Å². The molecular formula is C15H19N3OS. The maximum Gasteiger partial charge on any atom is 0.133 e. The summed E-state index contributed by atoms with van der Waals surface area (Å²) in [4.78, 5) is 9.23.